The lowest BCUT2D eigenvalue weighted by Gasteiger charge is -2.36. The van der Waals surface area contributed by atoms with Crippen molar-refractivity contribution in [2.24, 2.45) is 0 Å². The minimum atomic E-state index is -0.856. The van der Waals surface area contributed by atoms with Crippen molar-refractivity contribution in [1.29, 1.82) is 0 Å². The Hall–Kier alpha value is -4.55. The molecule has 216 valence electrons. The highest BCUT2D eigenvalue weighted by atomic mass is 16.2. The number of nitrogens with one attached hydrogen (secondary N) is 1. The van der Waals surface area contributed by atoms with E-state index in [0.29, 0.717) is 29.9 Å². The molecular weight excluding hydrogens is 534 g/mol. The summed E-state index contributed by atoms with van der Waals surface area (Å²) in [5.41, 5.74) is 5.21. The fourth-order valence-corrected chi connectivity index (χ4v) is 7.36. The highest BCUT2D eigenvalue weighted by Crippen LogP contribution is 2.47. The van der Waals surface area contributed by atoms with Crippen LogP contribution in [-0.2, 0) is 16.6 Å². The average molecular weight is 570 g/mol. The fraction of sp³-hybridized carbons (Fsp3) is 0.270. The van der Waals surface area contributed by atoms with Gasteiger partial charge in [0, 0.05) is 12.2 Å². The van der Waals surface area contributed by atoms with Gasteiger partial charge in [0.05, 0.1) is 11.1 Å². The maximum absolute atomic E-state index is 14.1. The first-order chi connectivity index (χ1) is 21.1. The fourth-order valence-electron chi connectivity index (χ4n) is 7.36. The first kappa shape index (κ1) is 27.3. The molecule has 4 aromatic carbocycles. The van der Waals surface area contributed by atoms with Gasteiger partial charge in [0.15, 0.2) is 0 Å². The minimum absolute atomic E-state index is 0.0129. The van der Waals surface area contributed by atoms with Crippen molar-refractivity contribution < 1.29 is 14.4 Å². The zero-order valence-corrected chi connectivity index (χ0v) is 24.2. The lowest BCUT2D eigenvalue weighted by Crippen LogP contribution is -2.42. The molecule has 3 amide bonds. The monoisotopic (exact) mass is 569 g/mol. The molecule has 0 aromatic heterocycles. The van der Waals surface area contributed by atoms with E-state index in [2.05, 4.69) is 52.7 Å². The van der Waals surface area contributed by atoms with Crippen LogP contribution >= 0.6 is 0 Å². The number of rotatable bonds is 8. The van der Waals surface area contributed by atoms with Gasteiger partial charge < -0.3 is 10.2 Å². The van der Waals surface area contributed by atoms with Gasteiger partial charge in [-0.15, -0.1) is 0 Å². The van der Waals surface area contributed by atoms with Gasteiger partial charge in [0.1, 0.15) is 5.41 Å². The Labute approximate surface area is 252 Å². The molecule has 3 aliphatic rings. The lowest BCUT2D eigenvalue weighted by molar-refractivity contribution is -0.119. The smallest absolute Gasteiger partial charge is 0.261 e. The molecule has 1 atom stereocenters. The van der Waals surface area contributed by atoms with Crippen LogP contribution in [0.4, 0.5) is 5.69 Å². The quantitative estimate of drug-likeness (QED) is 0.263. The summed E-state index contributed by atoms with van der Waals surface area (Å²) in [4.78, 5) is 44.1. The molecule has 1 N–H and O–H groups in total. The number of benzene rings is 4. The highest BCUT2D eigenvalue weighted by Gasteiger charge is 2.49. The first-order valence-electron chi connectivity index (χ1n) is 15.3. The van der Waals surface area contributed by atoms with E-state index in [4.69, 9.17) is 0 Å². The van der Waals surface area contributed by atoms with Crippen molar-refractivity contribution in [3.05, 3.63) is 137 Å². The number of likely N-dealkylation sites (tertiary alicyclic amines) is 1. The third-order valence-electron chi connectivity index (χ3n) is 9.62. The van der Waals surface area contributed by atoms with E-state index in [1.165, 1.54) is 10.5 Å². The van der Waals surface area contributed by atoms with E-state index < -0.39 is 5.41 Å². The second kappa shape index (κ2) is 11.3. The first-order valence-corrected chi connectivity index (χ1v) is 15.3. The van der Waals surface area contributed by atoms with Crippen LogP contribution in [0.2, 0.25) is 0 Å². The van der Waals surface area contributed by atoms with Gasteiger partial charge in [-0.1, -0.05) is 84.9 Å². The van der Waals surface area contributed by atoms with Gasteiger partial charge in [0.2, 0.25) is 5.91 Å². The van der Waals surface area contributed by atoms with Gasteiger partial charge >= 0.3 is 0 Å². The summed E-state index contributed by atoms with van der Waals surface area (Å²) in [6, 6.07) is 33.8. The SMILES string of the molecule is O=C1c2ccccc2C(=O)N1CCc1cccc2c1C(CCN1CCC(c3ccccc3)CC1)(c1ccccc1)C(=O)N2. The van der Waals surface area contributed by atoms with Crippen LogP contribution in [0.5, 0.6) is 0 Å². The third kappa shape index (κ3) is 4.76. The number of piperidine rings is 1. The molecule has 3 heterocycles. The van der Waals surface area contributed by atoms with E-state index in [1.807, 2.05) is 36.4 Å². The molecule has 0 radical (unpaired) electrons. The maximum atomic E-state index is 14.1. The molecule has 1 saturated heterocycles. The van der Waals surface area contributed by atoms with Crippen molar-refractivity contribution in [1.82, 2.24) is 9.80 Å². The predicted octanol–water partition coefficient (Wildman–Crippen LogP) is 6.03. The van der Waals surface area contributed by atoms with Gasteiger partial charge in [-0.05, 0) is 91.7 Å². The second-order valence-corrected chi connectivity index (χ2v) is 11.9. The molecule has 1 unspecified atom stereocenters. The van der Waals surface area contributed by atoms with Crippen LogP contribution in [-0.4, -0.2) is 53.7 Å². The average Bonchev–Trinajstić information content (AvgIpc) is 3.49. The summed E-state index contributed by atoms with van der Waals surface area (Å²) in [7, 11) is 0. The zero-order valence-electron chi connectivity index (χ0n) is 24.2. The standard InChI is InChI=1S/C37H35N3O3/c41-34-30-15-7-8-16-31(30)35(42)40(34)24-20-28-12-9-17-32-33(28)37(36(43)38-32,29-13-5-2-6-14-29)21-25-39-22-18-27(19-23-39)26-10-3-1-4-11-26/h1-17,27H,18-25H2,(H,38,43). The normalized spacial score (nSPS) is 20.3. The molecule has 3 aliphatic heterocycles. The topological polar surface area (TPSA) is 69.7 Å². The Morgan fingerprint density at radius 2 is 1.33 bits per heavy atom. The molecule has 43 heavy (non-hydrogen) atoms. The Kier molecular flexibility index (Phi) is 7.15. The van der Waals surface area contributed by atoms with Gasteiger partial charge in [-0.3, -0.25) is 19.3 Å². The molecule has 7 rings (SSSR count). The molecule has 0 aliphatic carbocycles. The number of anilines is 1. The van der Waals surface area contributed by atoms with Gasteiger partial charge in [-0.25, -0.2) is 0 Å². The van der Waals surface area contributed by atoms with Crippen molar-refractivity contribution in [3.8, 4) is 0 Å². The molecule has 0 spiro atoms. The lowest BCUT2D eigenvalue weighted by atomic mass is 9.70. The Balaban J connectivity index is 1.15. The predicted molar refractivity (Wildman–Crippen MR) is 167 cm³/mol. The Morgan fingerprint density at radius 3 is 2.00 bits per heavy atom. The summed E-state index contributed by atoms with van der Waals surface area (Å²) in [5.74, 6) is 0.0528. The number of imide groups is 1. The zero-order chi connectivity index (χ0) is 29.4. The van der Waals surface area contributed by atoms with Crippen molar-refractivity contribution >= 4 is 23.4 Å². The largest absolute Gasteiger partial charge is 0.325 e. The third-order valence-corrected chi connectivity index (χ3v) is 9.62. The molecule has 4 aromatic rings. The highest BCUT2D eigenvalue weighted by molar-refractivity contribution is 6.21. The minimum Gasteiger partial charge on any atom is -0.325 e. The van der Waals surface area contributed by atoms with E-state index in [1.54, 1.807) is 24.3 Å². The van der Waals surface area contributed by atoms with E-state index in [0.717, 1.165) is 54.9 Å². The van der Waals surface area contributed by atoms with Crippen molar-refractivity contribution in [2.75, 3.05) is 31.5 Å². The van der Waals surface area contributed by atoms with Crippen LogP contribution in [0.15, 0.2) is 103 Å². The number of fused-ring (bicyclic) bond motifs is 2. The number of nitrogens with zero attached hydrogens (tertiary/aromatic N) is 2. The maximum Gasteiger partial charge on any atom is 0.261 e. The molecule has 6 heteroatoms. The van der Waals surface area contributed by atoms with E-state index in [9.17, 15) is 14.4 Å². The van der Waals surface area contributed by atoms with Gasteiger partial charge in [-0.2, -0.15) is 0 Å². The van der Waals surface area contributed by atoms with Crippen LogP contribution < -0.4 is 5.32 Å². The van der Waals surface area contributed by atoms with E-state index in [-0.39, 0.29) is 24.3 Å². The number of carbonyl (C=O) groups excluding carboxylic acids is 3. The summed E-state index contributed by atoms with van der Waals surface area (Å²) in [6.45, 7) is 3.06. The Bertz CT molecular complexity index is 1640. The van der Waals surface area contributed by atoms with Gasteiger partial charge in [0.25, 0.3) is 11.8 Å². The molecule has 0 saturated carbocycles. The number of hydrogen-bond donors (Lipinski definition) is 1. The van der Waals surface area contributed by atoms with Crippen LogP contribution in [0.1, 0.15) is 68.2 Å². The summed E-state index contributed by atoms with van der Waals surface area (Å²) >= 11 is 0. The van der Waals surface area contributed by atoms with E-state index >= 15 is 0 Å². The van der Waals surface area contributed by atoms with Crippen LogP contribution in [0, 0.1) is 0 Å². The summed E-state index contributed by atoms with van der Waals surface area (Å²) in [5, 5.41) is 3.20. The number of hydrogen-bond acceptors (Lipinski definition) is 4. The molecule has 1 fully saturated rings. The van der Waals surface area contributed by atoms with Crippen LogP contribution in [0.25, 0.3) is 0 Å². The molecular formula is C37H35N3O3. The van der Waals surface area contributed by atoms with Crippen molar-refractivity contribution in [3.63, 3.8) is 0 Å². The summed E-state index contributed by atoms with van der Waals surface area (Å²) in [6.07, 6.45) is 3.34. The number of carbonyl (C=O) groups is 3. The van der Waals surface area contributed by atoms with Crippen LogP contribution in [0.3, 0.4) is 0 Å². The summed E-state index contributed by atoms with van der Waals surface area (Å²) < 4.78 is 0. The number of amides is 3. The molecule has 6 nitrogen and oxygen atoms in total. The van der Waals surface area contributed by atoms with Crippen molar-refractivity contribution in [2.45, 2.75) is 37.0 Å². The molecule has 0 bridgehead atoms. The Morgan fingerprint density at radius 1 is 0.698 bits per heavy atom. The second-order valence-electron chi connectivity index (χ2n) is 11.9.